The summed E-state index contributed by atoms with van der Waals surface area (Å²) in [7, 11) is -4.20. The summed E-state index contributed by atoms with van der Waals surface area (Å²) in [5, 5.41) is 3.63. The molecule has 0 aromatic heterocycles. The van der Waals surface area contributed by atoms with Crippen molar-refractivity contribution >= 4 is 62.5 Å². The summed E-state index contributed by atoms with van der Waals surface area (Å²) in [6, 6.07) is 17.0. The van der Waals surface area contributed by atoms with Gasteiger partial charge < -0.3 is 15.0 Å². The first kappa shape index (κ1) is 35.6. The summed E-state index contributed by atoms with van der Waals surface area (Å²) in [4.78, 5) is 30.0. The first-order valence-corrected chi connectivity index (χ1v) is 17.8. The molecule has 12 heteroatoms. The Hall–Kier alpha value is -2.92. The molecule has 1 N–H and O–H groups in total. The molecule has 3 rings (SSSR count). The average Bonchev–Trinajstić information content (AvgIpc) is 3.01. The van der Waals surface area contributed by atoms with E-state index in [4.69, 9.17) is 27.9 Å². The zero-order chi connectivity index (χ0) is 32.4. The van der Waals surface area contributed by atoms with Crippen LogP contribution in [-0.4, -0.2) is 56.6 Å². The highest BCUT2D eigenvalue weighted by atomic mass is 35.5. The predicted octanol–water partition coefficient (Wildman–Crippen LogP) is 7.03. The van der Waals surface area contributed by atoms with Crippen molar-refractivity contribution in [2.24, 2.45) is 0 Å². The van der Waals surface area contributed by atoms with Crippen molar-refractivity contribution in [2.45, 2.75) is 69.0 Å². The van der Waals surface area contributed by atoms with Crippen molar-refractivity contribution in [3.8, 4) is 5.75 Å². The van der Waals surface area contributed by atoms with Gasteiger partial charge in [-0.2, -0.15) is 0 Å². The molecule has 8 nitrogen and oxygen atoms in total. The van der Waals surface area contributed by atoms with Gasteiger partial charge in [-0.1, -0.05) is 43.1 Å². The van der Waals surface area contributed by atoms with Gasteiger partial charge in [-0.05, 0) is 99.2 Å². The highest BCUT2D eigenvalue weighted by Crippen LogP contribution is 2.29. The molecule has 0 spiro atoms. The van der Waals surface area contributed by atoms with Crippen LogP contribution in [0.2, 0.25) is 10.0 Å². The Balaban J connectivity index is 2.08. The molecular formula is C32H39Cl2N3O5S2. The van der Waals surface area contributed by atoms with E-state index in [1.165, 1.54) is 28.8 Å². The fourth-order valence-electron chi connectivity index (χ4n) is 4.47. The number of halogens is 2. The monoisotopic (exact) mass is 679 g/mol. The third kappa shape index (κ3) is 9.06. The van der Waals surface area contributed by atoms with Crippen LogP contribution in [0.1, 0.15) is 46.1 Å². The number of nitrogens with zero attached hydrogens (tertiary/aromatic N) is 2. The normalized spacial score (nSPS) is 12.7. The Morgan fingerprint density at radius 3 is 2.14 bits per heavy atom. The second-order valence-electron chi connectivity index (χ2n) is 10.1. The van der Waals surface area contributed by atoms with Gasteiger partial charge in [-0.25, -0.2) is 8.42 Å². The zero-order valence-electron chi connectivity index (χ0n) is 25.5. The molecule has 0 aliphatic carbocycles. The third-order valence-electron chi connectivity index (χ3n) is 7.09. The standard InChI is InChI=1S/C32H39Cl2N3O5S2/c1-6-22(4)35-32(39)30(7-2)36(20-23-9-18-28(33)29(34)19-23)31(38)21-37(24-10-12-25(13-11-24)42-8-3)44(40,41)27-16-14-26(43-5)15-17-27/h9-19,22,30H,6-8,20-21H2,1-5H3,(H,35,39)/t22-,30+/m0/s1. The number of sulfonamides is 1. The van der Waals surface area contributed by atoms with Crippen molar-refractivity contribution < 1.29 is 22.7 Å². The zero-order valence-corrected chi connectivity index (χ0v) is 28.7. The third-order valence-corrected chi connectivity index (χ3v) is 10.4. The van der Waals surface area contributed by atoms with Gasteiger partial charge in [0, 0.05) is 17.5 Å². The van der Waals surface area contributed by atoms with Crippen LogP contribution < -0.4 is 14.4 Å². The van der Waals surface area contributed by atoms with Gasteiger partial charge in [0.15, 0.2) is 0 Å². The maximum Gasteiger partial charge on any atom is 0.264 e. The van der Waals surface area contributed by atoms with E-state index in [0.29, 0.717) is 40.8 Å². The van der Waals surface area contributed by atoms with Crippen LogP contribution in [0.25, 0.3) is 0 Å². The molecule has 2 atom stereocenters. The molecule has 0 heterocycles. The SMILES string of the molecule is CCOc1ccc(N(CC(=O)N(Cc2ccc(Cl)c(Cl)c2)[C@H](CC)C(=O)N[C@@H](C)CC)S(=O)(=O)c2ccc(SC)cc2)cc1. The number of amides is 2. The van der Waals surface area contributed by atoms with Gasteiger partial charge in [-0.3, -0.25) is 13.9 Å². The molecule has 0 saturated carbocycles. The van der Waals surface area contributed by atoms with Crippen LogP contribution in [0.3, 0.4) is 0 Å². The number of nitrogens with one attached hydrogen (secondary N) is 1. The molecule has 0 saturated heterocycles. The molecule has 0 aliphatic heterocycles. The van der Waals surface area contributed by atoms with Crippen molar-refractivity contribution in [2.75, 3.05) is 23.7 Å². The van der Waals surface area contributed by atoms with Crippen LogP contribution in [0.15, 0.2) is 76.5 Å². The predicted molar refractivity (Wildman–Crippen MR) is 179 cm³/mol. The van der Waals surface area contributed by atoms with Crippen LogP contribution in [-0.2, 0) is 26.2 Å². The lowest BCUT2D eigenvalue weighted by Gasteiger charge is -2.33. The Labute approximate surface area is 275 Å². The number of hydrogen-bond donors (Lipinski definition) is 1. The molecule has 2 amide bonds. The number of rotatable bonds is 15. The second kappa shape index (κ2) is 16.4. The highest BCUT2D eigenvalue weighted by molar-refractivity contribution is 7.98. The smallest absolute Gasteiger partial charge is 0.264 e. The van der Waals surface area contributed by atoms with E-state index < -0.39 is 28.5 Å². The van der Waals surface area contributed by atoms with E-state index >= 15 is 0 Å². The minimum Gasteiger partial charge on any atom is -0.494 e. The lowest BCUT2D eigenvalue weighted by molar-refractivity contribution is -0.140. The van der Waals surface area contributed by atoms with Crippen molar-refractivity contribution in [1.29, 1.82) is 0 Å². The van der Waals surface area contributed by atoms with Gasteiger partial charge in [0.1, 0.15) is 18.3 Å². The Bertz CT molecular complexity index is 1520. The van der Waals surface area contributed by atoms with E-state index in [9.17, 15) is 18.0 Å². The summed E-state index contributed by atoms with van der Waals surface area (Å²) in [5.74, 6) is -0.308. The topological polar surface area (TPSA) is 96.0 Å². The van der Waals surface area contributed by atoms with Gasteiger partial charge >= 0.3 is 0 Å². The molecule has 0 unspecified atom stereocenters. The molecule has 0 aliphatic rings. The summed E-state index contributed by atoms with van der Waals surface area (Å²) >= 11 is 13.9. The number of ether oxygens (including phenoxy) is 1. The fourth-order valence-corrected chi connectivity index (χ4v) is 6.62. The molecule has 44 heavy (non-hydrogen) atoms. The molecule has 3 aromatic carbocycles. The molecule has 3 aromatic rings. The van der Waals surface area contributed by atoms with E-state index in [1.807, 2.05) is 34.0 Å². The highest BCUT2D eigenvalue weighted by Gasteiger charge is 2.34. The van der Waals surface area contributed by atoms with Crippen LogP contribution >= 0.6 is 35.0 Å². The van der Waals surface area contributed by atoms with Crippen molar-refractivity contribution in [3.05, 3.63) is 82.3 Å². The molecule has 0 bridgehead atoms. The van der Waals surface area contributed by atoms with Crippen LogP contribution in [0.4, 0.5) is 5.69 Å². The minimum absolute atomic E-state index is 0.0156. The maximum atomic E-state index is 14.2. The van der Waals surface area contributed by atoms with Crippen molar-refractivity contribution in [1.82, 2.24) is 10.2 Å². The van der Waals surface area contributed by atoms with Gasteiger partial charge in [-0.15, -0.1) is 11.8 Å². The summed E-state index contributed by atoms with van der Waals surface area (Å²) in [6.45, 7) is 7.42. The summed E-state index contributed by atoms with van der Waals surface area (Å²) < 4.78 is 34.8. The number of benzene rings is 3. The first-order valence-electron chi connectivity index (χ1n) is 14.4. The van der Waals surface area contributed by atoms with Gasteiger partial charge in [0.2, 0.25) is 11.8 Å². The number of anilines is 1. The van der Waals surface area contributed by atoms with Crippen LogP contribution in [0, 0.1) is 0 Å². The second-order valence-corrected chi connectivity index (χ2v) is 13.7. The van der Waals surface area contributed by atoms with Crippen LogP contribution in [0.5, 0.6) is 5.75 Å². The Kier molecular flexibility index (Phi) is 13.3. The number of carbonyl (C=O) groups excluding carboxylic acids is 2. The number of hydrogen-bond acceptors (Lipinski definition) is 6. The quantitative estimate of drug-likeness (QED) is 0.173. The Morgan fingerprint density at radius 1 is 0.932 bits per heavy atom. The van der Waals surface area contributed by atoms with Gasteiger partial charge in [0.25, 0.3) is 10.0 Å². The number of thioether (sulfide) groups is 1. The number of carbonyl (C=O) groups is 2. The summed E-state index contributed by atoms with van der Waals surface area (Å²) in [6.07, 6.45) is 2.92. The average molecular weight is 681 g/mol. The maximum absolute atomic E-state index is 14.2. The largest absolute Gasteiger partial charge is 0.494 e. The van der Waals surface area contributed by atoms with E-state index in [2.05, 4.69) is 5.32 Å². The lowest BCUT2D eigenvalue weighted by Crippen LogP contribution is -2.53. The van der Waals surface area contributed by atoms with E-state index in [1.54, 1.807) is 54.6 Å². The molecule has 0 radical (unpaired) electrons. The fraction of sp³-hybridized carbons (Fsp3) is 0.375. The molecular weight excluding hydrogens is 641 g/mol. The molecule has 0 fully saturated rings. The van der Waals surface area contributed by atoms with Crippen molar-refractivity contribution in [3.63, 3.8) is 0 Å². The van der Waals surface area contributed by atoms with E-state index in [0.717, 1.165) is 9.20 Å². The lowest BCUT2D eigenvalue weighted by atomic mass is 10.1. The van der Waals surface area contributed by atoms with Gasteiger partial charge in [0.05, 0.1) is 27.2 Å². The summed E-state index contributed by atoms with van der Waals surface area (Å²) in [5.41, 5.74) is 0.924. The van der Waals surface area contributed by atoms with E-state index in [-0.39, 0.29) is 29.1 Å². The Morgan fingerprint density at radius 2 is 1.59 bits per heavy atom. The minimum atomic E-state index is -4.20. The first-order chi connectivity index (χ1) is 20.9. The molecule has 238 valence electrons.